The minimum absolute atomic E-state index is 0.00200. The molecule has 10 nitrogen and oxygen atoms in total. The van der Waals surface area contributed by atoms with Crippen molar-refractivity contribution in [1.29, 1.82) is 5.26 Å². The summed E-state index contributed by atoms with van der Waals surface area (Å²) in [6.45, 7) is 10.2. The lowest BCUT2D eigenvalue weighted by atomic mass is 9.79. The van der Waals surface area contributed by atoms with Gasteiger partial charge in [0.05, 0.1) is 6.07 Å². The first kappa shape index (κ1) is 33.0. The van der Waals surface area contributed by atoms with Crippen LogP contribution < -0.4 is 16.0 Å². The molecule has 6 unspecified atom stereocenters. The number of hydrogen-bond acceptors (Lipinski definition) is 6. The predicted octanol–water partition coefficient (Wildman–Crippen LogP) is 2.82. The van der Waals surface area contributed by atoms with E-state index in [0.717, 1.165) is 20.0 Å². The van der Waals surface area contributed by atoms with Crippen LogP contribution >= 0.6 is 0 Å². The largest absolute Gasteiger partial charge is 0.417 e. The highest BCUT2D eigenvalue weighted by Crippen LogP contribution is 2.65. The zero-order valence-corrected chi connectivity index (χ0v) is 25.8. The van der Waals surface area contributed by atoms with Gasteiger partial charge in [0.25, 0.3) is 0 Å². The SMILES string of the molecule is CC(C)(C)C(NC=O)C(=O)N1CC2C(C1C(=O)NC(C#N)CC1CC3(CC3)NC1=O)C2(C)C.COC1(C(F)(F)F)CCC1. The van der Waals surface area contributed by atoms with Crippen molar-refractivity contribution in [3.8, 4) is 6.07 Å². The molecule has 5 fully saturated rings. The van der Waals surface area contributed by atoms with E-state index in [-0.39, 0.29) is 65.7 Å². The second-order valence-electron chi connectivity index (χ2n) is 14.6. The molecule has 5 rings (SSSR count). The van der Waals surface area contributed by atoms with Gasteiger partial charge in [-0.05, 0) is 67.6 Å². The van der Waals surface area contributed by atoms with Crippen LogP contribution in [0.3, 0.4) is 0 Å². The van der Waals surface area contributed by atoms with E-state index in [1.807, 2.05) is 20.8 Å². The van der Waals surface area contributed by atoms with Crippen molar-refractivity contribution in [3.05, 3.63) is 0 Å². The van der Waals surface area contributed by atoms with Gasteiger partial charge in [-0.15, -0.1) is 0 Å². The number of alkyl halides is 3. The van der Waals surface area contributed by atoms with Gasteiger partial charge in [-0.25, -0.2) is 0 Å². The first-order valence-electron chi connectivity index (χ1n) is 15.0. The average molecular weight is 612 g/mol. The minimum Gasteiger partial charge on any atom is -0.369 e. The van der Waals surface area contributed by atoms with Gasteiger partial charge in [0, 0.05) is 25.1 Å². The lowest BCUT2D eigenvalue weighted by Gasteiger charge is -2.41. The van der Waals surface area contributed by atoms with Gasteiger partial charge >= 0.3 is 6.18 Å². The highest BCUT2D eigenvalue weighted by molar-refractivity contribution is 5.93. The maximum atomic E-state index is 13.4. The third-order valence-corrected chi connectivity index (χ3v) is 10.4. The number of piperidine rings is 1. The molecule has 2 aliphatic heterocycles. The van der Waals surface area contributed by atoms with Crippen LogP contribution in [0, 0.1) is 39.9 Å². The van der Waals surface area contributed by atoms with Crippen molar-refractivity contribution in [3.63, 3.8) is 0 Å². The molecule has 13 heteroatoms. The fourth-order valence-corrected chi connectivity index (χ4v) is 7.17. The number of nitrogens with zero attached hydrogens (tertiary/aromatic N) is 2. The number of carbonyl (C=O) groups excluding carboxylic acids is 4. The summed E-state index contributed by atoms with van der Waals surface area (Å²) in [5.74, 6) is -0.766. The molecule has 0 aromatic carbocycles. The Balaban J connectivity index is 0.000000359. The van der Waals surface area contributed by atoms with E-state index < -0.39 is 35.3 Å². The average Bonchev–Trinajstić information content (AvgIpc) is 3.59. The predicted molar refractivity (Wildman–Crippen MR) is 149 cm³/mol. The van der Waals surface area contributed by atoms with E-state index >= 15 is 0 Å². The summed E-state index contributed by atoms with van der Waals surface area (Å²) in [7, 11) is 1.12. The molecule has 43 heavy (non-hydrogen) atoms. The van der Waals surface area contributed by atoms with Crippen molar-refractivity contribution in [1.82, 2.24) is 20.9 Å². The summed E-state index contributed by atoms with van der Waals surface area (Å²) < 4.78 is 40.5. The van der Waals surface area contributed by atoms with E-state index in [1.54, 1.807) is 4.90 Å². The van der Waals surface area contributed by atoms with Crippen LogP contribution in [0.1, 0.15) is 79.6 Å². The number of amides is 4. The molecule has 6 atom stereocenters. The number of hydrogen-bond donors (Lipinski definition) is 3. The van der Waals surface area contributed by atoms with Crippen LogP contribution in [-0.4, -0.2) is 78.1 Å². The lowest BCUT2D eigenvalue weighted by molar-refractivity contribution is -0.296. The van der Waals surface area contributed by atoms with Crippen LogP contribution in [0.5, 0.6) is 0 Å². The molecule has 3 aliphatic carbocycles. The minimum atomic E-state index is -4.18. The van der Waals surface area contributed by atoms with E-state index in [9.17, 15) is 37.6 Å². The topological polar surface area (TPSA) is 141 Å². The number of halogens is 3. The second kappa shape index (κ2) is 11.2. The molecule has 0 bridgehead atoms. The fourth-order valence-electron chi connectivity index (χ4n) is 7.17. The fraction of sp³-hybridized carbons (Fsp3) is 0.833. The van der Waals surface area contributed by atoms with Crippen LogP contribution in [0.15, 0.2) is 0 Å². The van der Waals surface area contributed by atoms with Gasteiger partial charge in [0.15, 0.2) is 5.60 Å². The summed E-state index contributed by atoms with van der Waals surface area (Å²) in [4.78, 5) is 51.9. The smallest absolute Gasteiger partial charge is 0.369 e. The molecule has 0 aromatic heterocycles. The molecule has 3 saturated carbocycles. The summed E-state index contributed by atoms with van der Waals surface area (Å²) in [5, 5.41) is 18.2. The zero-order chi connectivity index (χ0) is 32.2. The number of nitrogens with one attached hydrogen (secondary N) is 3. The number of carbonyl (C=O) groups is 4. The highest BCUT2D eigenvalue weighted by Gasteiger charge is 2.70. The third kappa shape index (κ3) is 6.22. The van der Waals surface area contributed by atoms with Gasteiger partial charge in [-0.2, -0.15) is 18.4 Å². The quantitative estimate of drug-likeness (QED) is 0.361. The van der Waals surface area contributed by atoms with E-state index in [1.165, 1.54) is 0 Å². The second-order valence-corrected chi connectivity index (χ2v) is 14.6. The first-order valence-corrected chi connectivity index (χ1v) is 15.0. The molecule has 4 amide bonds. The third-order valence-electron chi connectivity index (χ3n) is 10.4. The van der Waals surface area contributed by atoms with Crippen LogP contribution in [0.25, 0.3) is 0 Å². The maximum Gasteiger partial charge on any atom is 0.417 e. The van der Waals surface area contributed by atoms with E-state index in [0.29, 0.717) is 25.8 Å². The Bertz CT molecular complexity index is 1160. The summed E-state index contributed by atoms with van der Waals surface area (Å²) in [6.07, 6.45) is 0.114. The summed E-state index contributed by atoms with van der Waals surface area (Å²) in [6, 6.07) is -0.112. The molecule has 5 aliphatic rings. The summed E-state index contributed by atoms with van der Waals surface area (Å²) in [5.41, 5.74) is -2.47. The molecule has 240 valence electrons. The number of likely N-dealkylation sites (tertiary alicyclic amines) is 1. The monoisotopic (exact) mass is 611 g/mol. The van der Waals surface area contributed by atoms with Crippen LogP contribution in [0.2, 0.25) is 0 Å². The Kier molecular flexibility index (Phi) is 8.63. The Morgan fingerprint density at radius 3 is 2.23 bits per heavy atom. The van der Waals surface area contributed by atoms with Crippen molar-refractivity contribution < 1.29 is 37.1 Å². The number of rotatable bonds is 8. The molecular formula is C30H44F3N5O5. The van der Waals surface area contributed by atoms with E-state index in [4.69, 9.17) is 0 Å². The Hall–Kier alpha value is -2.88. The van der Waals surface area contributed by atoms with Crippen molar-refractivity contribution in [2.45, 2.75) is 115 Å². The van der Waals surface area contributed by atoms with Crippen molar-refractivity contribution in [2.24, 2.45) is 28.6 Å². The van der Waals surface area contributed by atoms with Crippen molar-refractivity contribution >= 4 is 24.1 Å². The molecule has 3 N–H and O–H groups in total. The molecule has 0 aromatic rings. The normalized spacial score (nSPS) is 30.3. The maximum absolute atomic E-state index is 13.4. The van der Waals surface area contributed by atoms with Gasteiger partial charge in [-0.3, -0.25) is 19.2 Å². The van der Waals surface area contributed by atoms with Crippen LogP contribution in [-0.2, 0) is 23.9 Å². The number of fused-ring (bicyclic) bond motifs is 1. The molecule has 1 spiro atoms. The van der Waals surface area contributed by atoms with Gasteiger partial charge in [0.2, 0.25) is 24.1 Å². The first-order chi connectivity index (χ1) is 19.9. The molecule has 0 radical (unpaired) electrons. The Labute approximate surface area is 250 Å². The number of nitriles is 1. The summed E-state index contributed by atoms with van der Waals surface area (Å²) >= 11 is 0. The van der Waals surface area contributed by atoms with E-state index in [2.05, 4.69) is 40.6 Å². The van der Waals surface area contributed by atoms with Crippen molar-refractivity contribution in [2.75, 3.05) is 13.7 Å². The lowest BCUT2D eigenvalue weighted by Crippen LogP contribution is -2.58. The standard InChI is InChI=1S/C24H35N5O4.C6H9F3O/c1-22(2,3)18(26-12-30)21(33)29-11-15-16(23(15,4)5)17(29)20(32)27-14(10-25)8-13-9-24(6-7-24)28-19(13)31;1-10-5(3-2-4-5)6(7,8)9/h12-18H,6-9,11H2,1-5H3,(H,26,30)(H,27,32)(H,28,31);2-4H2,1H3. The van der Waals surface area contributed by atoms with Gasteiger partial charge in [0.1, 0.15) is 18.1 Å². The number of ether oxygens (including phenoxy) is 1. The van der Waals surface area contributed by atoms with Gasteiger partial charge < -0.3 is 25.6 Å². The highest BCUT2D eigenvalue weighted by atomic mass is 19.4. The molecule has 2 heterocycles. The van der Waals surface area contributed by atoms with Crippen LogP contribution in [0.4, 0.5) is 13.2 Å². The Morgan fingerprint density at radius 1 is 1.21 bits per heavy atom. The van der Waals surface area contributed by atoms with Gasteiger partial charge in [-0.1, -0.05) is 34.6 Å². The zero-order valence-electron chi connectivity index (χ0n) is 25.8. The molecular weight excluding hydrogens is 567 g/mol. The number of methoxy groups -OCH3 is 1. The Morgan fingerprint density at radius 2 is 1.84 bits per heavy atom. The molecule has 2 saturated heterocycles.